The number of thiophene rings is 1. The number of benzene rings is 2. The molecular weight excluding hydrogens is 489 g/mol. The monoisotopic (exact) mass is 511 g/mol. The number of aromatic nitrogens is 2. The maximum atomic E-state index is 14.8. The Bertz CT molecular complexity index is 1510. The molecule has 0 atom stereocenters. The van der Waals surface area contributed by atoms with Gasteiger partial charge in [0, 0.05) is 59.9 Å². The molecule has 1 saturated heterocycles. The van der Waals surface area contributed by atoms with E-state index in [9.17, 15) is 17.6 Å². The van der Waals surface area contributed by atoms with Crippen LogP contribution in [0.25, 0.3) is 21.3 Å². The van der Waals surface area contributed by atoms with Crippen LogP contribution in [0.5, 0.6) is 5.88 Å². The van der Waals surface area contributed by atoms with Gasteiger partial charge in [-0.3, -0.25) is 4.79 Å². The molecule has 5 rings (SSSR count). The van der Waals surface area contributed by atoms with Gasteiger partial charge in [0.15, 0.2) is 16.1 Å². The number of carbonyl (C=O) groups excluding carboxylic acids is 1. The number of aldehydes is 1. The number of hydrogen-bond acceptors (Lipinski definition) is 8. The van der Waals surface area contributed by atoms with Crippen molar-refractivity contribution in [3.8, 4) is 17.0 Å². The number of piperidine rings is 1. The second-order valence-corrected chi connectivity index (χ2v) is 11.3. The van der Waals surface area contributed by atoms with Crippen molar-refractivity contribution < 1.29 is 22.3 Å². The van der Waals surface area contributed by atoms with Crippen LogP contribution in [0.4, 0.5) is 10.1 Å². The van der Waals surface area contributed by atoms with Crippen molar-refractivity contribution in [3.05, 3.63) is 65.6 Å². The molecule has 0 N–H and O–H groups in total. The van der Waals surface area contributed by atoms with E-state index in [0.717, 1.165) is 50.2 Å². The molecular formula is C25H22FN3O4S2. The van der Waals surface area contributed by atoms with Crippen molar-refractivity contribution in [1.82, 2.24) is 9.97 Å². The second-order valence-electron chi connectivity index (χ2n) is 8.40. The highest BCUT2D eigenvalue weighted by atomic mass is 32.2. The summed E-state index contributed by atoms with van der Waals surface area (Å²) in [6.45, 7) is 1.49. The maximum Gasteiger partial charge on any atom is 0.235 e. The van der Waals surface area contributed by atoms with E-state index in [1.54, 1.807) is 5.38 Å². The maximum absolute atomic E-state index is 14.8. The van der Waals surface area contributed by atoms with E-state index >= 15 is 0 Å². The fourth-order valence-corrected chi connectivity index (χ4v) is 5.88. The summed E-state index contributed by atoms with van der Waals surface area (Å²) in [6, 6.07) is 11.4. The van der Waals surface area contributed by atoms with E-state index in [2.05, 4.69) is 14.9 Å². The first-order valence-corrected chi connectivity index (χ1v) is 13.8. The molecule has 180 valence electrons. The molecule has 35 heavy (non-hydrogen) atoms. The predicted octanol–water partition coefficient (Wildman–Crippen LogP) is 4.76. The summed E-state index contributed by atoms with van der Waals surface area (Å²) in [5.41, 5.74) is 3.00. The summed E-state index contributed by atoms with van der Waals surface area (Å²) in [6.07, 6.45) is 4.79. The first-order valence-electron chi connectivity index (χ1n) is 11.0. The van der Waals surface area contributed by atoms with Crippen LogP contribution in [0.15, 0.2) is 59.1 Å². The summed E-state index contributed by atoms with van der Waals surface area (Å²) in [5, 5.41) is 1.78. The largest absolute Gasteiger partial charge is 0.473 e. The van der Waals surface area contributed by atoms with Crippen LogP contribution in [0.2, 0.25) is 0 Å². The molecule has 1 aliphatic rings. The second kappa shape index (κ2) is 9.35. The molecule has 1 aliphatic heterocycles. The Morgan fingerprint density at radius 2 is 1.89 bits per heavy atom. The molecule has 0 spiro atoms. The number of halogens is 1. The van der Waals surface area contributed by atoms with E-state index in [4.69, 9.17) is 4.74 Å². The lowest BCUT2D eigenvalue weighted by Gasteiger charge is -2.34. The summed E-state index contributed by atoms with van der Waals surface area (Å²) in [7, 11) is -3.51. The molecule has 0 radical (unpaired) electrons. The highest BCUT2D eigenvalue weighted by Crippen LogP contribution is 2.38. The van der Waals surface area contributed by atoms with Crippen LogP contribution in [0.3, 0.4) is 0 Å². The van der Waals surface area contributed by atoms with Crippen molar-refractivity contribution in [2.45, 2.75) is 23.8 Å². The first kappa shape index (κ1) is 23.4. The van der Waals surface area contributed by atoms with Gasteiger partial charge in [0.1, 0.15) is 22.9 Å². The molecule has 1 fully saturated rings. The Morgan fingerprint density at radius 1 is 1.11 bits per heavy atom. The number of carbonyl (C=O) groups is 1. The summed E-state index contributed by atoms with van der Waals surface area (Å²) >= 11 is 1.36. The minimum atomic E-state index is -3.51. The van der Waals surface area contributed by atoms with Crippen LogP contribution in [0, 0.1) is 5.82 Å². The van der Waals surface area contributed by atoms with Crippen molar-refractivity contribution in [3.63, 3.8) is 0 Å². The van der Waals surface area contributed by atoms with Gasteiger partial charge < -0.3 is 9.64 Å². The normalized spacial score (nSPS) is 14.9. The van der Waals surface area contributed by atoms with Crippen molar-refractivity contribution in [1.29, 1.82) is 0 Å². The van der Waals surface area contributed by atoms with E-state index in [1.165, 1.54) is 29.8 Å². The fourth-order valence-electron chi connectivity index (χ4n) is 4.30. The van der Waals surface area contributed by atoms with Gasteiger partial charge in [0.25, 0.3) is 0 Å². The number of para-hydroxylation sites is 1. The predicted molar refractivity (Wildman–Crippen MR) is 134 cm³/mol. The van der Waals surface area contributed by atoms with Gasteiger partial charge in [-0.15, -0.1) is 11.3 Å². The lowest BCUT2D eigenvalue weighted by Crippen LogP contribution is -2.38. The third-order valence-corrected chi connectivity index (χ3v) is 8.17. The molecule has 0 saturated carbocycles. The van der Waals surface area contributed by atoms with E-state index < -0.39 is 15.7 Å². The number of nitrogens with zero attached hydrogens (tertiary/aromatic N) is 3. The number of rotatable bonds is 6. The SMILES string of the molecule is CS(=O)(=O)c1ccc(-c2csc3c(OC4CCN(c5ccccc5C=O)CC4)ncnc23)c(F)c1. The Hall–Kier alpha value is -3.37. The molecule has 2 aromatic heterocycles. The van der Waals surface area contributed by atoms with E-state index in [-0.39, 0.29) is 16.6 Å². The molecule has 7 nitrogen and oxygen atoms in total. The Kier molecular flexibility index (Phi) is 6.24. The lowest BCUT2D eigenvalue weighted by molar-refractivity contribution is 0.112. The zero-order valence-corrected chi connectivity index (χ0v) is 20.5. The number of ether oxygens (including phenoxy) is 1. The summed E-state index contributed by atoms with van der Waals surface area (Å²) in [5.74, 6) is -0.178. The van der Waals surface area contributed by atoms with Crippen LogP contribution in [-0.4, -0.2) is 50.1 Å². The quantitative estimate of drug-likeness (QED) is 0.345. The third-order valence-electron chi connectivity index (χ3n) is 6.10. The van der Waals surface area contributed by atoms with Gasteiger partial charge >= 0.3 is 0 Å². The molecule has 4 aromatic rings. The van der Waals surface area contributed by atoms with Gasteiger partial charge in [0.05, 0.1) is 10.4 Å². The van der Waals surface area contributed by atoms with Crippen LogP contribution in [0.1, 0.15) is 23.2 Å². The Morgan fingerprint density at radius 3 is 2.60 bits per heavy atom. The average molecular weight is 512 g/mol. The number of sulfone groups is 1. The topological polar surface area (TPSA) is 89.5 Å². The summed E-state index contributed by atoms with van der Waals surface area (Å²) in [4.78, 5) is 22.2. The molecule has 0 unspecified atom stereocenters. The average Bonchev–Trinajstić information content (AvgIpc) is 3.29. The zero-order chi connectivity index (χ0) is 24.6. The smallest absolute Gasteiger partial charge is 0.235 e. The Balaban J connectivity index is 1.36. The highest BCUT2D eigenvalue weighted by molar-refractivity contribution is 7.90. The minimum Gasteiger partial charge on any atom is -0.473 e. The molecule has 0 aliphatic carbocycles. The molecule has 0 bridgehead atoms. The number of fused-ring (bicyclic) bond motifs is 1. The fraction of sp³-hybridized carbons (Fsp3) is 0.240. The third kappa shape index (κ3) is 4.63. The number of hydrogen-bond donors (Lipinski definition) is 0. The lowest BCUT2D eigenvalue weighted by atomic mass is 10.1. The highest BCUT2D eigenvalue weighted by Gasteiger charge is 2.24. The van der Waals surface area contributed by atoms with Gasteiger partial charge in [0.2, 0.25) is 5.88 Å². The van der Waals surface area contributed by atoms with Crippen molar-refractivity contribution in [2.75, 3.05) is 24.2 Å². The standard InChI is InChI=1S/C25H22FN3O4S2/c1-35(31,32)18-6-7-19(21(26)12-18)20-14-34-24-23(20)27-15-28-25(24)33-17-8-10-29(11-9-17)22-5-3-2-4-16(22)13-30/h2-7,12-15,17H,8-11H2,1H3. The molecule has 3 heterocycles. The Labute approximate surface area is 206 Å². The van der Waals surface area contributed by atoms with Gasteiger partial charge in [-0.25, -0.2) is 22.8 Å². The van der Waals surface area contributed by atoms with Gasteiger partial charge in [-0.05, 0) is 24.3 Å². The molecule has 2 aromatic carbocycles. The molecule has 10 heteroatoms. The van der Waals surface area contributed by atoms with Gasteiger partial charge in [-0.2, -0.15) is 0 Å². The van der Waals surface area contributed by atoms with Crippen molar-refractivity contribution in [2.24, 2.45) is 0 Å². The zero-order valence-electron chi connectivity index (χ0n) is 18.8. The van der Waals surface area contributed by atoms with Crippen LogP contribution in [-0.2, 0) is 9.84 Å². The molecule has 0 amide bonds. The van der Waals surface area contributed by atoms with Crippen LogP contribution >= 0.6 is 11.3 Å². The van der Waals surface area contributed by atoms with Gasteiger partial charge in [-0.1, -0.05) is 18.2 Å². The van der Waals surface area contributed by atoms with E-state index in [1.807, 2.05) is 24.3 Å². The first-order chi connectivity index (χ1) is 16.8. The van der Waals surface area contributed by atoms with E-state index in [0.29, 0.717) is 27.2 Å². The summed E-state index contributed by atoms with van der Waals surface area (Å²) < 4.78 is 45.3. The van der Waals surface area contributed by atoms with Crippen molar-refractivity contribution >= 4 is 43.4 Å². The minimum absolute atomic E-state index is 0.0518. The van der Waals surface area contributed by atoms with Crippen LogP contribution < -0.4 is 9.64 Å². The number of anilines is 1.